The van der Waals surface area contributed by atoms with Crippen LogP contribution in [0.2, 0.25) is 0 Å². The summed E-state index contributed by atoms with van der Waals surface area (Å²) in [5.74, 6) is 0.429. The van der Waals surface area contributed by atoms with Gasteiger partial charge in [-0.1, -0.05) is 0 Å². The highest BCUT2D eigenvalue weighted by molar-refractivity contribution is 7.89. The predicted molar refractivity (Wildman–Crippen MR) is 113 cm³/mol. The van der Waals surface area contributed by atoms with Crippen LogP contribution in [0.1, 0.15) is 31.5 Å². The lowest BCUT2D eigenvalue weighted by Crippen LogP contribution is -2.40. The Labute approximate surface area is 182 Å². The van der Waals surface area contributed by atoms with Crippen molar-refractivity contribution >= 4 is 27.0 Å². The van der Waals surface area contributed by atoms with Crippen LogP contribution in [0.5, 0.6) is 0 Å². The molecule has 1 unspecified atom stereocenters. The molecule has 31 heavy (non-hydrogen) atoms. The van der Waals surface area contributed by atoms with Crippen molar-refractivity contribution in [3.8, 4) is 0 Å². The molecule has 2 aliphatic heterocycles. The van der Waals surface area contributed by atoms with E-state index in [0.717, 1.165) is 31.4 Å². The molecule has 1 aromatic heterocycles. The normalized spacial score (nSPS) is 20.7. The molecule has 170 valence electrons. The van der Waals surface area contributed by atoms with Gasteiger partial charge >= 0.3 is 5.97 Å². The van der Waals surface area contributed by atoms with Crippen LogP contribution < -0.4 is 0 Å². The molecule has 0 spiro atoms. The van der Waals surface area contributed by atoms with Gasteiger partial charge in [-0.3, -0.25) is 4.79 Å². The number of hydrogen-bond donors (Lipinski definition) is 0. The number of carbonyl (C=O) groups is 1. The molecule has 9 nitrogen and oxygen atoms in total. The fourth-order valence-corrected chi connectivity index (χ4v) is 5.39. The quantitative estimate of drug-likeness (QED) is 0.590. The zero-order chi connectivity index (χ0) is 21.8. The van der Waals surface area contributed by atoms with Crippen molar-refractivity contribution < 1.29 is 27.4 Å². The maximum atomic E-state index is 12.9. The summed E-state index contributed by atoms with van der Waals surface area (Å²) in [5, 5.41) is 0. The first-order chi connectivity index (χ1) is 14.9. The van der Waals surface area contributed by atoms with Gasteiger partial charge in [0, 0.05) is 33.2 Å². The van der Waals surface area contributed by atoms with Gasteiger partial charge in [0.1, 0.15) is 12.4 Å². The molecule has 1 atom stereocenters. The summed E-state index contributed by atoms with van der Waals surface area (Å²) in [6.07, 6.45) is 3.72. The topological polar surface area (TPSA) is 100.0 Å². The van der Waals surface area contributed by atoms with Crippen LogP contribution in [0.4, 0.5) is 0 Å². The summed E-state index contributed by atoms with van der Waals surface area (Å²) < 4.78 is 45.3. The van der Waals surface area contributed by atoms with Crippen LogP contribution in [0, 0.1) is 0 Å². The number of ether oxygens (including phenoxy) is 3. The number of esters is 1. The van der Waals surface area contributed by atoms with E-state index in [-0.39, 0.29) is 23.4 Å². The second-order valence-electron chi connectivity index (χ2n) is 7.93. The van der Waals surface area contributed by atoms with Crippen molar-refractivity contribution in [2.24, 2.45) is 7.05 Å². The summed E-state index contributed by atoms with van der Waals surface area (Å²) in [6.45, 7) is 2.52. The Morgan fingerprint density at radius 3 is 2.77 bits per heavy atom. The average Bonchev–Trinajstić information content (AvgIpc) is 3.12. The SMILES string of the molecule is Cn1c(CCC(=O)OCC2CCCCO2)nc2cc(S(=O)(=O)N3CCOCC3)ccc21. The Balaban J connectivity index is 1.41. The summed E-state index contributed by atoms with van der Waals surface area (Å²) in [7, 11) is -1.72. The molecule has 2 fully saturated rings. The molecule has 0 N–H and O–H groups in total. The maximum Gasteiger partial charge on any atom is 0.306 e. The van der Waals surface area contributed by atoms with Crippen LogP contribution in [0.15, 0.2) is 23.1 Å². The van der Waals surface area contributed by atoms with Gasteiger partial charge in [0.25, 0.3) is 0 Å². The zero-order valence-electron chi connectivity index (χ0n) is 17.8. The molecular formula is C21H29N3O6S. The average molecular weight is 452 g/mol. The number of imidazole rings is 1. The van der Waals surface area contributed by atoms with Gasteiger partial charge < -0.3 is 18.8 Å². The van der Waals surface area contributed by atoms with E-state index in [4.69, 9.17) is 14.2 Å². The number of benzene rings is 1. The summed E-state index contributed by atoms with van der Waals surface area (Å²) in [4.78, 5) is 16.9. The smallest absolute Gasteiger partial charge is 0.306 e. The lowest BCUT2D eigenvalue weighted by Gasteiger charge is -2.26. The number of sulfonamides is 1. The third kappa shape index (κ3) is 5.08. The van der Waals surface area contributed by atoms with E-state index in [1.165, 1.54) is 4.31 Å². The number of aryl methyl sites for hydroxylation is 2. The van der Waals surface area contributed by atoms with E-state index in [2.05, 4.69) is 4.98 Å². The number of aromatic nitrogens is 2. The maximum absolute atomic E-state index is 12.9. The van der Waals surface area contributed by atoms with Crippen LogP contribution in [0.25, 0.3) is 11.0 Å². The van der Waals surface area contributed by atoms with E-state index < -0.39 is 10.0 Å². The first-order valence-electron chi connectivity index (χ1n) is 10.8. The fraction of sp³-hybridized carbons (Fsp3) is 0.619. The second-order valence-corrected chi connectivity index (χ2v) is 9.86. The fourth-order valence-electron chi connectivity index (χ4n) is 3.96. The van der Waals surface area contributed by atoms with Gasteiger partial charge in [-0.25, -0.2) is 13.4 Å². The molecule has 2 saturated heterocycles. The highest BCUT2D eigenvalue weighted by Crippen LogP contribution is 2.23. The Morgan fingerprint density at radius 2 is 2.03 bits per heavy atom. The molecule has 0 amide bonds. The third-order valence-electron chi connectivity index (χ3n) is 5.81. The molecule has 3 heterocycles. The monoisotopic (exact) mass is 451 g/mol. The Morgan fingerprint density at radius 1 is 1.23 bits per heavy atom. The molecule has 0 radical (unpaired) electrons. The van der Waals surface area contributed by atoms with Crippen LogP contribution in [0.3, 0.4) is 0 Å². The lowest BCUT2D eigenvalue weighted by atomic mass is 10.1. The van der Waals surface area contributed by atoms with Gasteiger partial charge in [0.05, 0.1) is 41.7 Å². The highest BCUT2D eigenvalue weighted by atomic mass is 32.2. The minimum atomic E-state index is -3.58. The van der Waals surface area contributed by atoms with E-state index >= 15 is 0 Å². The minimum Gasteiger partial charge on any atom is -0.463 e. The number of hydrogen-bond acceptors (Lipinski definition) is 7. The summed E-state index contributed by atoms with van der Waals surface area (Å²) in [6, 6.07) is 4.97. The number of morpholine rings is 1. The Kier molecular flexibility index (Phi) is 6.90. The van der Waals surface area contributed by atoms with Gasteiger partial charge in [-0.15, -0.1) is 0 Å². The molecule has 1 aromatic carbocycles. The number of rotatable bonds is 7. The Bertz CT molecular complexity index is 1020. The molecule has 0 bridgehead atoms. The highest BCUT2D eigenvalue weighted by Gasteiger charge is 2.27. The van der Waals surface area contributed by atoms with Crippen molar-refractivity contribution in [1.82, 2.24) is 13.9 Å². The van der Waals surface area contributed by atoms with Gasteiger partial charge in [-0.05, 0) is 37.5 Å². The molecule has 0 aliphatic carbocycles. The molecule has 2 aliphatic rings. The van der Waals surface area contributed by atoms with Crippen LogP contribution in [-0.2, 0) is 42.5 Å². The lowest BCUT2D eigenvalue weighted by molar-refractivity contribution is -0.149. The van der Waals surface area contributed by atoms with Crippen molar-refractivity contribution in [1.29, 1.82) is 0 Å². The number of fused-ring (bicyclic) bond motifs is 1. The third-order valence-corrected chi connectivity index (χ3v) is 7.70. The predicted octanol–water partition coefficient (Wildman–Crippen LogP) is 1.64. The van der Waals surface area contributed by atoms with E-state index in [1.807, 2.05) is 11.6 Å². The van der Waals surface area contributed by atoms with Gasteiger partial charge in [0.15, 0.2) is 0 Å². The molecule has 0 saturated carbocycles. The standard InChI is InChI=1S/C21H29N3O6S/c1-23-19-6-5-17(31(26,27)24-9-12-28-13-10-24)14-18(19)22-20(23)7-8-21(25)30-15-16-4-2-3-11-29-16/h5-6,14,16H,2-4,7-13,15H2,1H3. The largest absolute Gasteiger partial charge is 0.463 e. The van der Waals surface area contributed by atoms with Crippen molar-refractivity contribution in [2.45, 2.75) is 43.1 Å². The molecular weight excluding hydrogens is 422 g/mol. The van der Waals surface area contributed by atoms with E-state index in [9.17, 15) is 13.2 Å². The van der Waals surface area contributed by atoms with Crippen LogP contribution >= 0.6 is 0 Å². The molecule has 4 rings (SSSR count). The second kappa shape index (κ2) is 9.64. The summed E-state index contributed by atoms with van der Waals surface area (Å²) >= 11 is 0. The first-order valence-corrected chi connectivity index (χ1v) is 12.2. The molecule has 10 heteroatoms. The molecule has 2 aromatic rings. The number of carbonyl (C=O) groups excluding carboxylic acids is 1. The van der Waals surface area contributed by atoms with Gasteiger partial charge in [0.2, 0.25) is 10.0 Å². The van der Waals surface area contributed by atoms with Crippen molar-refractivity contribution in [3.63, 3.8) is 0 Å². The zero-order valence-corrected chi connectivity index (χ0v) is 18.6. The number of nitrogens with zero attached hydrogens (tertiary/aromatic N) is 3. The van der Waals surface area contributed by atoms with Crippen molar-refractivity contribution in [2.75, 3.05) is 39.5 Å². The van der Waals surface area contributed by atoms with Crippen molar-refractivity contribution in [3.05, 3.63) is 24.0 Å². The van der Waals surface area contributed by atoms with E-state index in [1.54, 1.807) is 18.2 Å². The van der Waals surface area contributed by atoms with E-state index in [0.29, 0.717) is 50.7 Å². The Hall–Kier alpha value is -2.01. The van der Waals surface area contributed by atoms with Gasteiger partial charge in [-0.2, -0.15) is 4.31 Å². The summed E-state index contributed by atoms with van der Waals surface area (Å²) in [5.41, 5.74) is 1.41. The van der Waals surface area contributed by atoms with Crippen LogP contribution in [-0.4, -0.2) is 73.9 Å². The first kappa shape index (κ1) is 22.2. The minimum absolute atomic E-state index is 0.000265.